The molecule has 0 aromatic carbocycles. The van der Waals surface area contributed by atoms with Gasteiger partial charge in [0.15, 0.2) is 0 Å². The fraction of sp³-hybridized carbons (Fsp3) is 0.933. The Kier molecular flexibility index (Phi) is 12.8. The molecule has 2 saturated carbocycles. The second-order valence-electron chi connectivity index (χ2n) is 6.75. The van der Waals surface area contributed by atoms with E-state index in [1.54, 1.807) is 0 Å². The van der Waals surface area contributed by atoms with E-state index < -0.39 is 12.0 Å². The standard InChI is InChI=1S/C15H23I4NO4.Na/c16-8-4-7(5-9(17)13(8)21)24-14-10(18)1-6(2-11(14)19)3-12(20)15(22)23;/h6-14,21H,1-5,20H2,(H,22,23);/q;+1/p-1. The first kappa shape index (κ1) is 26.3. The topological polar surface area (TPSA) is 95.6 Å². The van der Waals surface area contributed by atoms with Crippen molar-refractivity contribution in [3.8, 4) is 0 Å². The quantitative estimate of drug-likeness (QED) is 0.211. The number of aliphatic hydroxyl groups excluding tert-OH is 1. The predicted molar refractivity (Wildman–Crippen MR) is 125 cm³/mol. The van der Waals surface area contributed by atoms with Gasteiger partial charge in [-0.05, 0) is 38.0 Å². The van der Waals surface area contributed by atoms with E-state index in [2.05, 4.69) is 90.4 Å². The summed E-state index contributed by atoms with van der Waals surface area (Å²) >= 11 is 9.53. The van der Waals surface area contributed by atoms with Crippen LogP contribution in [-0.2, 0) is 9.53 Å². The Morgan fingerprint density at radius 1 is 1.08 bits per heavy atom. The van der Waals surface area contributed by atoms with E-state index in [0.717, 1.165) is 25.7 Å². The van der Waals surface area contributed by atoms with E-state index in [0.29, 0.717) is 20.2 Å². The van der Waals surface area contributed by atoms with Gasteiger partial charge in [0.25, 0.3) is 0 Å². The molecule has 5 unspecified atom stereocenters. The third-order valence-corrected chi connectivity index (χ3v) is 9.71. The third-order valence-electron chi connectivity index (χ3n) is 4.79. The SMILES string of the molecule is NC(CC1CC(I)C(OC2CC(I)C(O)C(I)C2)C(I)C1)C(=O)[O-].[Na+]. The molecule has 0 heterocycles. The van der Waals surface area contributed by atoms with Crippen LogP contribution in [-0.4, -0.2) is 51.1 Å². The minimum atomic E-state index is -1.16. The number of aliphatic carboxylic acids is 1. The average molecular weight is 811 g/mol. The number of alkyl halides is 4. The molecule has 0 spiro atoms. The van der Waals surface area contributed by atoms with Gasteiger partial charge in [-0.25, -0.2) is 0 Å². The summed E-state index contributed by atoms with van der Waals surface area (Å²) in [6.45, 7) is 0. The van der Waals surface area contributed by atoms with Crippen LogP contribution < -0.4 is 40.4 Å². The van der Waals surface area contributed by atoms with Crippen LogP contribution in [0.4, 0.5) is 0 Å². The maximum Gasteiger partial charge on any atom is 1.00 e. The van der Waals surface area contributed by atoms with Gasteiger partial charge in [-0.2, -0.15) is 0 Å². The van der Waals surface area contributed by atoms with Crippen molar-refractivity contribution in [2.45, 2.75) is 72.2 Å². The molecule has 0 aromatic heterocycles. The Morgan fingerprint density at radius 2 is 1.56 bits per heavy atom. The summed E-state index contributed by atoms with van der Waals surface area (Å²) in [4.78, 5) is 10.9. The molecule has 2 rings (SSSR count). The third kappa shape index (κ3) is 7.79. The number of rotatable bonds is 5. The number of halogens is 4. The number of carboxylic acids is 1. The van der Waals surface area contributed by atoms with Crippen molar-refractivity contribution in [2.75, 3.05) is 0 Å². The van der Waals surface area contributed by atoms with E-state index in [1.807, 2.05) is 0 Å². The van der Waals surface area contributed by atoms with Crippen molar-refractivity contribution in [1.29, 1.82) is 0 Å². The zero-order chi connectivity index (χ0) is 18.0. The molecule has 10 heteroatoms. The first-order valence-electron chi connectivity index (χ1n) is 8.05. The number of hydrogen-bond acceptors (Lipinski definition) is 5. The van der Waals surface area contributed by atoms with Gasteiger partial charge in [0, 0.05) is 21.7 Å². The smallest absolute Gasteiger partial charge is 0.548 e. The van der Waals surface area contributed by atoms with Gasteiger partial charge < -0.3 is 25.5 Å². The number of hydrogen-bond donors (Lipinski definition) is 2. The van der Waals surface area contributed by atoms with Crippen molar-refractivity contribution >= 4 is 96.3 Å². The summed E-state index contributed by atoms with van der Waals surface area (Å²) in [6, 6.07) is -0.876. The van der Waals surface area contributed by atoms with Gasteiger partial charge in [0.05, 0.1) is 24.3 Å². The van der Waals surface area contributed by atoms with E-state index in [9.17, 15) is 15.0 Å². The molecule has 5 atom stereocenters. The van der Waals surface area contributed by atoms with Crippen molar-refractivity contribution < 1.29 is 49.3 Å². The Hall–Kier alpha value is 3.27. The Morgan fingerprint density at radius 3 is 2.00 bits per heavy atom. The molecule has 0 saturated heterocycles. The fourth-order valence-corrected chi connectivity index (χ4v) is 9.99. The molecule has 5 nitrogen and oxygen atoms in total. The zero-order valence-electron chi connectivity index (χ0n) is 14.0. The molecular formula is C15H22I4NNaO4. The average Bonchev–Trinajstić information content (AvgIpc) is 2.48. The number of aliphatic hydroxyl groups is 1. The summed E-state index contributed by atoms with van der Waals surface area (Å²) in [7, 11) is 0. The number of carbonyl (C=O) groups is 1. The maximum absolute atomic E-state index is 10.9. The molecule has 0 bridgehead atoms. The first-order valence-corrected chi connectivity index (χ1v) is 13.0. The fourth-order valence-electron chi connectivity index (χ4n) is 3.48. The maximum atomic E-state index is 10.9. The molecule has 0 radical (unpaired) electrons. The Labute approximate surface area is 226 Å². The molecule has 25 heavy (non-hydrogen) atoms. The van der Waals surface area contributed by atoms with E-state index >= 15 is 0 Å². The molecule has 3 N–H and O–H groups in total. The van der Waals surface area contributed by atoms with Gasteiger partial charge in [-0.3, -0.25) is 0 Å². The van der Waals surface area contributed by atoms with Gasteiger partial charge in [-0.15, -0.1) is 0 Å². The predicted octanol–water partition coefficient (Wildman–Crippen LogP) is -1.01. The number of nitrogens with two attached hydrogens (primary N) is 1. The van der Waals surface area contributed by atoms with Gasteiger partial charge in [0.2, 0.25) is 0 Å². The Balaban J connectivity index is 0.00000312. The van der Waals surface area contributed by atoms with Crippen molar-refractivity contribution in [2.24, 2.45) is 11.7 Å². The number of carbonyl (C=O) groups excluding carboxylic acids is 1. The molecule has 0 aromatic rings. The van der Waals surface area contributed by atoms with Crippen LogP contribution >= 0.6 is 90.4 Å². The van der Waals surface area contributed by atoms with Crippen LogP contribution in [0.5, 0.6) is 0 Å². The normalized spacial score (nSPS) is 43.1. The zero-order valence-corrected chi connectivity index (χ0v) is 24.6. The summed E-state index contributed by atoms with van der Waals surface area (Å²) in [5.41, 5.74) is 5.64. The minimum Gasteiger partial charge on any atom is -0.548 e. The van der Waals surface area contributed by atoms with E-state index in [-0.39, 0.29) is 55.7 Å². The van der Waals surface area contributed by atoms with E-state index in [4.69, 9.17) is 10.5 Å². The van der Waals surface area contributed by atoms with E-state index in [1.165, 1.54) is 0 Å². The van der Waals surface area contributed by atoms with Gasteiger partial charge in [0.1, 0.15) is 0 Å². The first-order chi connectivity index (χ1) is 11.2. The molecule has 2 fully saturated rings. The van der Waals surface area contributed by atoms with Gasteiger partial charge in [-0.1, -0.05) is 90.4 Å². The summed E-state index contributed by atoms with van der Waals surface area (Å²) in [6.07, 6.45) is 4.25. The second-order valence-corrected chi connectivity index (χ2v) is 13.1. The van der Waals surface area contributed by atoms with Crippen molar-refractivity contribution in [1.82, 2.24) is 0 Å². The van der Waals surface area contributed by atoms with Crippen LogP contribution in [0.3, 0.4) is 0 Å². The monoisotopic (exact) mass is 811 g/mol. The van der Waals surface area contributed by atoms with Crippen LogP contribution in [0, 0.1) is 5.92 Å². The van der Waals surface area contributed by atoms with Crippen LogP contribution in [0.2, 0.25) is 0 Å². The molecule has 140 valence electrons. The largest absolute Gasteiger partial charge is 1.00 e. The molecular weight excluding hydrogens is 789 g/mol. The van der Waals surface area contributed by atoms with Gasteiger partial charge >= 0.3 is 29.6 Å². The molecule has 0 aliphatic heterocycles. The summed E-state index contributed by atoms with van der Waals surface area (Å²) in [5, 5.41) is 21.0. The minimum absolute atomic E-state index is 0. The molecule has 0 amide bonds. The number of ether oxygens (including phenoxy) is 1. The summed E-state index contributed by atoms with van der Waals surface area (Å²) < 4.78 is 7.63. The van der Waals surface area contributed by atoms with Crippen molar-refractivity contribution in [3.63, 3.8) is 0 Å². The van der Waals surface area contributed by atoms with Crippen LogP contribution in [0.25, 0.3) is 0 Å². The van der Waals surface area contributed by atoms with Crippen LogP contribution in [0.1, 0.15) is 32.1 Å². The Bertz CT molecular complexity index is 426. The van der Waals surface area contributed by atoms with Crippen LogP contribution in [0.15, 0.2) is 0 Å². The number of carboxylic acid groups (broad SMARTS) is 1. The second kappa shape index (κ2) is 12.2. The molecule has 2 aliphatic rings. The molecule has 2 aliphatic carbocycles. The van der Waals surface area contributed by atoms with Crippen molar-refractivity contribution in [3.05, 3.63) is 0 Å². The summed E-state index contributed by atoms with van der Waals surface area (Å²) in [5.74, 6) is -0.852.